The minimum Gasteiger partial charge on any atom is -0.466 e. The molecule has 0 aliphatic carbocycles. The molecule has 0 radical (unpaired) electrons. The van der Waals surface area contributed by atoms with Gasteiger partial charge in [-0.2, -0.15) is 0 Å². The highest BCUT2D eigenvalue weighted by atomic mass is 32.2. The summed E-state index contributed by atoms with van der Waals surface area (Å²) in [6.07, 6.45) is 0. The Labute approximate surface area is 144 Å². The van der Waals surface area contributed by atoms with Gasteiger partial charge in [0.25, 0.3) is 10.0 Å². The van der Waals surface area contributed by atoms with E-state index in [1.54, 1.807) is 6.92 Å². The third-order valence-electron chi connectivity index (χ3n) is 3.39. The maximum Gasteiger partial charge on any atom is 0.313 e. The molecule has 25 heavy (non-hydrogen) atoms. The van der Waals surface area contributed by atoms with Crippen LogP contribution in [-0.2, 0) is 24.3 Å². The zero-order valence-electron chi connectivity index (χ0n) is 13.6. The molecule has 1 saturated heterocycles. The van der Waals surface area contributed by atoms with Gasteiger partial charge in [-0.3, -0.25) is 19.7 Å². The largest absolute Gasteiger partial charge is 0.466 e. The number of esters is 1. The SMILES string of the molecule is CCOC(=O)C1CNNC1S(=O)(=O)Nc1ccc(F)c(NC(C)=O)c1. The lowest BCUT2D eigenvalue weighted by Crippen LogP contribution is -2.44. The number of amides is 1. The van der Waals surface area contributed by atoms with E-state index in [2.05, 4.69) is 20.9 Å². The molecule has 0 spiro atoms. The van der Waals surface area contributed by atoms with Crippen LogP contribution in [0.5, 0.6) is 0 Å². The normalized spacial score (nSPS) is 20.1. The van der Waals surface area contributed by atoms with Crippen molar-refractivity contribution in [2.75, 3.05) is 23.2 Å². The van der Waals surface area contributed by atoms with Gasteiger partial charge in [0, 0.05) is 13.5 Å². The molecule has 1 aromatic rings. The summed E-state index contributed by atoms with van der Waals surface area (Å²) in [5, 5.41) is 0.999. The van der Waals surface area contributed by atoms with Crippen LogP contribution in [0.25, 0.3) is 0 Å². The van der Waals surface area contributed by atoms with Crippen LogP contribution in [0.2, 0.25) is 0 Å². The van der Waals surface area contributed by atoms with Crippen molar-refractivity contribution in [3.63, 3.8) is 0 Å². The highest BCUT2D eigenvalue weighted by Gasteiger charge is 2.42. The molecule has 0 saturated carbocycles. The first-order valence-electron chi connectivity index (χ1n) is 7.48. The Morgan fingerprint density at radius 1 is 1.40 bits per heavy atom. The van der Waals surface area contributed by atoms with E-state index < -0.39 is 39.0 Å². The molecule has 138 valence electrons. The molecule has 1 fully saturated rings. The Morgan fingerprint density at radius 3 is 2.76 bits per heavy atom. The molecular weight excluding hydrogens is 355 g/mol. The summed E-state index contributed by atoms with van der Waals surface area (Å²) < 4.78 is 45.9. The van der Waals surface area contributed by atoms with Gasteiger partial charge in [-0.15, -0.1) is 0 Å². The molecule has 4 N–H and O–H groups in total. The summed E-state index contributed by atoms with van der Waals surface area (Å²) in [6, 6.07) is 3.38. The van der Waals surface area contributed by atoms with Crippen LogP contribution in [-0.4, -0.2) is 38.8 Å². The number of anilines is 2. The molecule has 11 heteroatoms. The van der Waals surface area contributed by atoms with E-state index in [-0.39, 0.29) is 24.5 Å². The first-order valence-corrected chi connectivity index (χ1v) is 9.03. The van der Waals surface area contributed by atoms with Gasteiger partial charge in [-0.1, -0.05) is 0 Å². The van der Waals surface area contributed by atoms with Gasteiger partial charge in [0.05, 0.1) is 18.0 Å². The number of nitrogens with one attached hydrogen (secondary N) is 4. The standard InChI is InChI=1S/C14H19FN4O5S/c1-3-24-14(21)10-7-16-18-13(10)25(22,23)19-9-4-5-11(15)12(6-9)17-8(2)20/h4-6,10,13,16,18-19H,3,7H2,1-2H3,(H,17,20). The predicted octanol–water partition coefficient (Wildman–Crippen LogP) is 0.139. The average molecular weight is 374 g/mol. The van der Waals surface area contributed by atoms with Crippen molar-refractivity contribution in [2.24, 2.45) is 5.92 Å². The molecular formula is C14H19FN4O5S. The number of ether oxygens (including phenoxy) is 1. The third kappa shape index (κ3) is 4.65. The summed E-state index contributed by atoms with van der Waals surface area (Å²) in [4.78, 5) is 22.9. The van der Waals surface area contributed by atoms with Crippen LogP contribution in [0.3, 0.4) is 0 Å². The molecule has 0 bridgehead atoms. The van der Waals surface area contributed by atoms with Crippen LogP contribution in [0.1, 0.15) is 13.8 Å². The van der Waals surface area contributed by atoms with E-state index in [9.17, 15) is 22.4 Å². The second kappa shape index (κ2) is 7.76. The first kappa shape index (κ1) is 19.1. The van der Waals surface area contributed by atoms with E-state index >= 15 is 0 Å². The second-order valence-corrected chi connectivity index (χ2v) is 7.13. The zero-order valence-corrected chi connectivity index (χ0v) is 14.4. The van der Waals surface area contributed by atoms with E-state index in [0.717, 1.165) is 12.1 Å². The Hall–Kier alpha value is -2.24. The molecule has 0 aromatic heterocycles. The predicted molar refractivity (Wildman–Crippen MR) is 88.3 cm³/mol. The van der Waals surface area contributed by atoms with Crippen molar-refractivity contribution in [3.05, 3.63) is 24.0 Å². The molecule has 2 rings (SSSR count). The van der Waals surface area contributed by atoms with E-state index in [1.165, 1.54) is 13.0 Å². The van der Waals surface area contributed by atoms with Crippen molar-refractivity contribution in [3.8, 4) is 0 Å². The second-order valence-electron chi connectivity index (χ2n) is 5.33. The fraction of sp³-hybridized carbons (Fsp3) is 0.429. The zero-order chi connectivity index (χ0) is 18.6. The quantitative estimate of drug-likeness (QED) is 0.522. The van der Waals surface area contributed by atoms with Crippen molar-refractivity contribution in [1.29, 1.82) is 0 Å². The Balaban J connectivity index is 2.20. The molecule has 2 atom stereocenters. The first-order chi connectivity index (χ1) is 11.7. The number of hydrazine groups is 1. The highest BCUT2D eigenvalue weighted by Crippen LogP contribution is 2.23. The molecule has 1 aromatic carbocycles. The fourth-order valence-corrected chi connectivity index (χ4v) is 3.79. The molecule has 1 aliphatic rings. The number of hydrogen-bond donors (Lipinski definition) is 4. The van der Waals surface area contributed by atoms with E-state index in [1.807, 2.05) is 0 Å². The van der Waals surface area contributed by atoms with Crippen molar-refractivity contribution in [1.82, 2.24) is 10.9 Å². The van der Waals surface area contributed by atoms with E-state index in [4.69, 9.17) is 4.74 Å². The highest BCUT2D eigenvalue weighted by molar-refractivity contribution is 7.93. The fourth-order valence-electron chi connectivity index (χ4n) is 2.33. The number of hydrogen-bond acceptors (Lipinski definition) is 7. The van der Waals surface area contributed by atoms with Crippen LogP contribution in [0.4, 0.5) is 15.8 Å². The van der Waals surface area contributed by atoms with Gasteiger partial charge in [-0.25, -0.2) is 18.2 Å². The lowest BCUT2D eigenvalue weighted by Gasteiger charge is -2.19. The lowest BCUT2D eigenvalue weighted by molar-refractivity contribution is -0.147. The maximum atomic E-state index is 13.6. The van der Waals surface area contributed by atoms with Gasteiger partial charge < -0.3 is 10.1 Å². The number of benzene rings is 1. The number of rotatable bonds is 6. The Morgan fingerprint density at radius 2 is 2.12 bits per heavy atom. The van der Waals surface area contributed by atoms with Gasteiger partial charge in [0.2, 0.25) is 5.91 Å². The smallest absolute Gasteiger partial charge is 0.313 e. The van der Waals surface area contributed by atoms with Gasteiger partial charge in [0.15, 0.2) is 5.37 Å². The molecule has 2 unspecified atom stereocenters. The maximum absolute atomic E-state index is 13.6. The minimum absolute atomic E-state index is 0.0430. The Bertz CT molecular complexity index is 770. The number of carbonyl (C=O) groups excluding carboxylic acids is 2. The van der Waals surface area contributed by atoms with Crippen LogP contribution in [0, 0.1) is 11.7 Å². The van der Waals surface area contributed by atoms with E-state index in [0.29, 0.717) is 0 Å². The van der Waals surface area contributed by atoms with Gasteiger partial charge >= 0.3 is 5.97 Å². The average Bonchev–Trinajstić information content (AvgIpc) is 3.01. The molecule has 1 amide bonds. The number of carbonyl (C=O) groups is 2. The summed E-state index contributed by atoms with van der Waals surface area (Å²) in [5.74, 6) is -2.78. The Kier molecular flexibility index (Phi) is 5.93. The van der Waals surface area contributed by atoms with Gasteiger partial charge in [0.1, 0.15) is 11.7 Å². The minimum atomic E-state index is -4.04. The van der Waals surface area contributed by atoms with Crippen LogP contribution >= 0.6 is 0 Å². The van der Waals surface area contributed by atoms with Crippen LogP contribution in [0.15, 0.2) is 18.2 Å². The monoisotopic (exact) mass is 374 g/mol. The van der Waals surface area contributed by atoms with Gasteiger partial charge in [-0.05, 0) is 25.1 Å². The number of halogens is 1. The van der Waals surface area contributed by atoms with Crippen LogP contribution < -0.4 is 20.9 Å². The molecule has 1 heterocycles. The molecule has 9 nitrogen and oxygen atoms in total. The summed E-state index contributed by atoms with van der Waals surface area (Å²) in [7, 11) is -4.04. The molecule has 1 aliphatic heterocycles. The van der Waals surface area contributed by atoms with Crippen molar-refractivity contribution >= 4 is 33.3 Å². The van der Waals surface area contributed by atoms with Crippen molar-refractivity contribution < 1.29 is 27.1 Å². The summed E-state index contributed by atoms with van der Waals surface area (Å²) in [5.41, 5.74) is 5.02. The summed E-state index contributed by atoms with van der Waals surface area (Å²) in [6.45, 7) is 3.05. The topological polar surface area (TPSA) is 126 Å². The summed E-state index contributed by atoms with van der Waals surface area (Å²) >= 11 is 0. The van der Waals surface area contributed by atoms with Crippen molar-refractivity contribution in [2.45, 2.75) is 19.2 Å². The third-order valence-corrected chi connectivity index (χ3v) is 5.03. The lowest BCUT2D eigenvalue weighted by atomic mass is 10.2. The number of sulfonamides is 1.